The Hall–Kier alpha value is -2.13. The lowest BCUT2D eigenvalue weighted by Gasteiger charge is -2.42. The van der Waals surface area contributed by atoms with Crippen LogP contribution in [0.2, 0.25) is 0 Å². The third-order valence-electron chi connectivity index (χ3n) is 6.23. The molecule has 1 N–H and O–H groups in total. The van der Waals surface area contributed by atoms with Gasteiger partial charge in [-0.1, -0.05) is 48.5 Å². The van der Waals surface area contributed by atoms with Gasteiger partial charge in [0.25, 0.3) is 0 Å². The van der Waals surface area contributed by atoms with E-state index in [0.717, 1.165) is 51.9 Å². The molecule has 2 heterocycles. The van der Waals surface area contributed by atoms with Crippen molar-refractivity contribution in [1.82, 2.24) is 10.2 Å². The minimum atomic E-state index is -0.0799. The molecule has 2 aliphatic heterocycles. The molecule has 0 aliphatic carbocycles. The van der Waals surface area contributed by atoms with E-state index < -0.39 is 0 Å². The van der Waals surface area contributed by atoms with Crippen LogP contribution in [0.25, 0.3) is 11.1 Å². The number of piperidine rings is 2. The molecule has 2 aromatic rings. The van der Waals surface area contributed by atoms with Crippen LogP contribution in [0.5, 0.6) is 0 Å². The van der Waals surface area contributed by atoms with Gasteiger partial charge >= 0.3 is 0 Å². The van der Waals surface area contributed by atoms with Crippen LogP contribution in [0.15, 0.2) is 48.5 Å². The lowest BCUT2D eigenvalue weighted by atomic mass is 9.72. The normalized spacial score (nSPS) is 20.1. The molecule has 2 aromatic carbocycles. The molecule has 0 unspecified atom stereocenters. The van der Waals surface area contributed by atoms with Gasteiger partial charge in [0.2, 0.25) is 5.91 Å². The zero-order chi connectivity index (χ0) is 18.0. The average molecular weight is 348 g/mol. The maximum Gasteiger partial charge on any atom is 0.226 e. The lowest BCUT2D eigenvalue weighted by molar-refractivity contribution is -0.136. The van der Waals surface area contributed by atoms with E-state index in [-0.39, 0.29) is 5.41 Å². The van der Waals surface area contributed by atoms with Gasteiger partial charge in [0.15, 0.2) is 0 Å². The molecule has 26 heavy (non-hydrogen) atoms. The summed E-state index contributed by atoms with van der Waals surface area (Å²) in [6, 6.07) is 17.5. The van der Waals surface area contributed by atoms with E-state index in [4.69, 9.17) is 0 Å². The van der Waals surface area contributed by atoms with E-state index in [1.807, 2.05) is 0 Å². The van der Waals surface area contributed by atoms with Crippen molar-refractivity contribution in [3.63, 3.8) is 0 Å². The number of rotatable bonds is 3. The molecule has 136 valence electrons. The van der Waals surface area contributed by atoms with Gasteiger partial charge in [-0.05, 0) is 68.0 Å². The number of hydrogen-bond acceptors (Lipinski definition) is 2. The fraction of sp³-hybridized carbons (Fsp3) is 0.435. The summed E-state index contributed by atoms with van der Waals surface area (Å²) in [4.78, 5) is 14.8. The average Bonchev–Trinajstić information content (AvgIpc) is 2.67. The van der Waals surface area contributed by atoms with Crippen molar-refractivity contribution in [3.05, 3.63) is 59.7 Å². The lowest BCUT2D eigenvalue weighted by Crippen LogP contribution is -2.51. The minimum Gasteiger partial charge on any atom is -0.356 e. The van der Waals surface area contributed by atoms with Crippen LogP contribution in [-0.4, -0.2) is 30.4 Å². The van der Waals surface area contributed by atoms with Crippen molar-refractivity contribution in [2.75, 3.05) is 19.6 Å². The zero-order valence-electron chi connectivity index (χ0n) is 15.6. The first-order valence-corrected chi connectivity index (χ1v) is 9.82. The number of carbonyl (C=O) groups excluding carboxylic acids is 1. The summed E-state index contributed by atoms with van der Waals surface area (Å²) in [6.07, 6.45) is 4.20. The Balaban J connectivity index is 1.38. The Bertz CT molecular complexity index is 773. The Labute approximate surface area is 156 Å². The van der Waals surface area contributed by atoms with Gasteiger partial charge in [0.05, 0.1) is 5.41 Å². The third kappa shape index (κ3) is 3.41. The maximum absolute atomic E-state index is 12.3. The van der Waals surface area contributed by atoms with Gasteiger partial charge in [-0.25, -0.2) is 0 Å². The van der Waals surface area contributed by atoms with Gasteiger partial charge in [-0.15, -0.1) is 0 Å². The first-order valence-electron chi connectivity index (χ1n) is 9.82. The Kier molecular flexibility index (Phi) is 4.82. The number of nitrogens with one attached hydrogen (secondary N) is 1. The number of aryl methyl sites for hydroxylation is 1. The first kappa shape index (κ1) is 17.3. The van der Waals surface area contributed by atoms with Crippen LogP contribution < -0.4 is 5.32 Å². The van der Waals surface area contributed by atoms with Crippen LogP contribution in [-0.2, 0) is 11.3 Å². The molecule has 4 rings (SSSR count). The molecule has 0 bridgehead atoms. The number of likely N-dealkylation sites (tertiary alicyclic amines) is 1. The van der Waals surface area contributed by atoms with Gasteiger partial charge < -0.3 is 5.32 Å². The molecule has 3 nitrogen and oxygen atoms in total. The third-order valence-corrected chi connectivity index (χ3v) is 6.23. The number of nitrogens with zero attached hydrogens (tertiary/aromatic N) is 1. The minimum absolute atomic E-state index is 0.0799. The number of carbonyl (C=O) groups is 1. The van der Waals surface area contributed by atoms with Crippen molar-refractivity contribution in [1.29, 1.82) is 0 Å². The largest absolute Gasteiger partial charge is 0.356 e. The van der Waals surface area contributed by atoms with E-state index in [1.165, 1.54) is 22.3 Å². The molecule has 2 fully saturated rings. The van der Waals surface area contributed by atoms with Crippen LogP contribution in [0.3, 0.4) is 0 Å². The molecule has 2 aliphatic rings. The standard InChI is InChI=1S/C23H28N2O/c1-18-5-2-3-6-21(18)20-9-7-19(8-10-20)17-25-15-12-23(13-16-25)11-4-14-24-22(23)26/h2-3,5-10H,4,11-17H2,1H3,(H,24,26). The van der Waals surface area contributed by atoms with Crippen LogP contribution in [0.1, 0.15) is 36.8 Å². The van der Waals surface area contributed by atoms with Gasteiger partial charge in [0.1, 0.15) is 0 Å². The summed E-state index contributed by atoms with van der Waals surface area (Å²) in [7, 11) is 0. The molecule has 1 spiro atoms. The number of amides is 1. The second kappa shape index (κ2) is 7.24. The van der Waals surface area contributed by atoms with Crippen molar-refractivity contribution in [2.24, 2.45) is 5.41 Å². The van der Waals surface area contributed by atoms with Crippen LogP contribution in [0, 0.1) is 12.3 Å². The quantitative estimate of drug-likeness (QED) is 0.903. The number of benzene rings is 2. The predicted octanol–water partition coefficient (Wildman–Crippen LogP) is 4.15. The molecular formula is C23H28N2O. The molecule has 0 radical (unpaired) electrons. The Morgan fingerprint density at radius 3 is 2.42 bits per heavy atom. The van der Waals surface area contributed by atoms with Crippen molar-refractivity contribution >= 4 is 5.91 Å². The van der Waals surface area contributed by atoms with Crippen molar-refractivity contribution in [3.8, 4) is 11.1 Å². The van der Waals surface area contributed by atoms with E-state index in [9.17, 15) is 4.79 Å². The topological polar surface area (TPSA) is 32.3 Å². The summed E-state index contributed by atoms with van der Waals surface area (Å²) < 4.78 is 0. The Morgan fingerprint density at radius 1 is 1.00 bits per heavy atom. The van der Waals surface area contributed by atoms with E-state index in [0.29, 0.717) is 5.91 Å². The number of hydrogen-bond donors (Lipinski definition) is 1. The highest BCUT2D eigenvalue weighted by molar-refractivity contribution is 5.83. The second-order valence-corrected chi connectivity index (χ2v) is 7.93. The molecular weight excluding hydrogens is 320 g/mol. The van der Waals surface area contributed by atoms with Gasteiger partial charge in [0, 0.05) is 13.1 Å². The SMILES string of the molecule is Cc1ccccc1-c1ccc(CN2CCC3(CCCNC3=O)CC2)cc1. The molecule has 0 atom stereocenters. The van der Waals surface area contributed by atoms with Gasteiger partial charge in [-0.3, -0.25) is 9.69 Å². The van der Waals surface area contributed by atoms with Crippen LogP contribution >= 0.6 is 0 Å². The summed E-state index contributed by atoms with van der Waals surface area (Å²) in [5.74, 6) is 0.297. The molecule has 0 saturated carbocycles. The molecule has 1 amide bonds. The summed E-state index contributed by atoms with van der Waals surface area (Å²) in [6.45, 7) is 6.04. The van der Waals surface area contributed by atoms with E-state index >= 15 is 0 Å². The Morgan fingerprint density at radius 2 is 1.73 bits per heavy atom. The van der Waals surface area contributed by atoms with E-state index in [1.54, 1.807) is 0 Å². The van der Waals surface area contributed by atoms with Crippen LogP contribution in [0.4, 0.5) is 0 Å². The van der Waals surface area contributed by atoms with Crippen molar-refractivity contribution < 1.29 is 4.79 Å². The second-order valence-electron chi connectivity index (χ2n) is 7.93. The monoisotopic (exact) mass is 348 g/mol. The molecule has 2 saturated heterocycles. The fourth-order valence-corrected chi connectivity index (χ4v) is 4.49. The first-order chi connectivity index (χ1) is 12.7. The summed E-state index contributed by atoms with van der Waals surface area (Å²) >= 11 is 0. The highest BCUT2D eigenvalue weighted by Crippen LogP contribution is 2.38. The fourth-order valence-electron chi connectivity index (χ4n) is 4.49. The highest BCUT2D eigenvalue weighted by Gasteiger charge is 2.42. The summed E-state index contributed by atoms with van der Waals surface area (Å²) in [5.41, 5.74) is 5.17. The molecule has 3 heteroatoms. The summed E-state index contributed by atoms with van der Waals surface area (Å²) in [5, 5.41) is 3.08. The van der Waals surface area contributed by atoms with Crippen molar-refractivity contribution in [2.45, 2.75) is 39.2 Å². The van der Waals surface area contributed by atoms with Gasteiger partial charge in [-0.2, -0.15) is 0 Å². The van der Waals surface area contributed by atoms with E-state index in [2.05, 4.69) is 65.7 Å². The highest BCUT2D eigenvalue weighted by atomic mass is 16.2. The predicted molar refractivity (Wildman–Crippen MR) is 106 cm³/mol. The maximum atomic E-state index is 12.3. The molecule has 0 aromatic heterocycles. The smallest absolute Gasteiger partial charge is 0.226 e. The zero-order valence-corrected chi connectivity index (χ0v) is 15.6.